The Labute approximate surface area is 126 Å². The Morgan fingerprint density at radius 3 is 2.95 bits per heavy atom. The van der Waals surface area contributed by atoms with E-state index in [0.717, 1.165) is 34.1 Å². The molecule has 0 bridgehead atoms. The molecule has 0 saturated carbocycles. The maximum absolute atomic E-state index is 6.19. The zero-order valence-electron chi connectivity index (χ0n) is 10.8. The van der Waals surface area contributed by atoms with E-state index in [1.54, 1.807) is 11.3 Å². The number of halogens is 1. The van der Waals surface area contributed by atoms with Crippen molar-refractivity contribution in [2.75, 3.05) is 0 Å². The highest BCUT2D eigenvalue weighted by molar-refractivity contribution is 7.15. The predicted octanol–water partition coefficient (Wildman–Crippen LogP) is 2.67. The molecule has 0 aliphatic heterocycles. The van der Waals surface area contributed by atoms with Gasteiger partial charge in [-0.2, -0.15) is 0 Å². The summed E-state index contributed by atoms with van der Waals surface area (Å²) in [6, 6.07) is 7.95. The average molecular weight is 307 g/mol. The lowest BCUT2D eigenvalue weighted by Gasteiger charge is -2.15. The van der Waals surface area contributed by atoms with Crippen molar-refractivity contribution in [3.63, 3.8) is 0 Å². The van der Waals surface area contributed by atoms with Gasteiger partial charge in [-0.1, -0.05) is 29.8 Å². The summed E-state index contributed by atoms with van der Waals surface area (Å²) in [6.07, 6.45) is 5.61. The highest BCUT2D eigenvalue weighted by Crippen LogP contribution is 2.18. The average Bonchev–Trinajstić information content (AvgIpc) is 3.01. The molecule has 3 aromatic rings. The van der Waals surface area contributed by atoms with Crippen LogP contribution in [0.25, 0.3) is 4.96 Å². The Balaban J connectivity index is 1.74. The van der Waals surface area contributed by atoms with Gasteiger partial charge in [0.15, 0.2) is 4.96 Å². The SMILES string of the molecule is NNC(Cc1cn2ccsc2n1)Cc1ccccc1Cl. The van der Waals surface area contributed by atoms with Crippen LogP contribution in [0.3, 0.4) is 0 Å². The predicted molar refractivity (Wildman–Crippen MR) is 83.0 cm³/mol. The van der Waals surface area contributed by atoms with Crippen molar-refractivity contribution in [1.82, 2.24) is 14.8 Å². The smallest absolute Gasteiger partial charge is 0.193 e. The summed E-state index contributed by atoms with van der Waals surface area (Å²) in [6.45, 7) is 0. The van der Waals surface area contributed by atoms with Crippen molar-refractivity contribution in [1.29, 1.82) is 0 Å². The van der Waals surface area contributed by atoms with Gasteiger partial charge in [0.2, 0.25) is 0 Å². The first kappa shape index (κ1) is 13.6. The van der Waals surface area contributed by atoms with Crippen molar-refractivity contribution in [3.05, 3.63) is 58.3 Å². The Morgan fingerprint density at radius 1 is 1.35 bits per heavy atom. The van der Waals surface area contributed by atoms with Gasteiger partial charge in [-0.25, -0.2) is 4.98 Å². The van der Waals surface area contributed by atoms with E-state index in [1.807, 2.05) is 46.4 Å². The zero-order chi connectivity index (χ0) is 13.9. The lowest BCUT2D eigenvalue weighted by Crippen LogP contribution is -2.38. The van der Waals surface area contributed by atoms with Crippen LogP contribution in [-0.2, 0) is 12.8 Å². The molecule has 20 heavy (non-hydrogen) atoms. The number of fused-ring (bicyclic) bond motifs is 1. The largest absolute Gasteiger partial charge is 0.297 e. The Hall–Kier alpha value is -1.40. The summed E-state index contributed by atoms with van der Waals surface area (Å²) in [4.78, 5) is 5.59. The molecule has 1 aromatic carbocycles. The van der Waals surface area contributed by atoms with Crippen LogP contribution in [0, 0.1) is 0 Å². The first-order valence-corrected chi connectivity index (χ1v) is 7.62. The van der Waals surface area contributed by atoms with E-state index in [9.17, 15) is 0 Å². The van der Waals surface area contributed by atoms with Crippen molar-refractivity contribution in [2.45, 2.75) is 18.9 Å². The number of nitrogens with zero attached hydrogens (tertiary/aromatic N) is 2. The van der Waals surface area contributed by atoms with Crippen molar-refractivity contribution < 1.29 is 0 Å². The number of hydrazine groups is 1. The number of nitrogens with one attached hydrogen (secondary N) is 1. The van der Waals surface area contributed by atoms with Crippen molar-refractivity contribution in [2.24, 2.45) is 5.84 Å². The molecule has 0 amide bonds. The summed E-state index contributed by atoms with van der Waals surface area (Å²) in [7, 11) is 0. The van der Waals surface area contributed by atoms with Crippen LogP contribution in [0.2, 0.25) is 5.02 Å². The molecule has 104 valence electrons. The minimum atomic E-state index is 0.111. The number of benzene rings is 1. The molecular weight excluding hydrogens is 292 g/mol. The topological polar surface area (TPSA) is 55.3 Å². The van der Waals surface area contributed by atoms with Gasteiger partial charge in [0, 0.05) is 35.3 Å². The van der Waals surface area contributed by atoms with E-state index in [0.29, 0.717) is 0 Å². The fraction of sp³-hybridized carbons (Fsp3) is 0.214. The summed E-state index contributed by atoms with van der Waals surface area (Å²) in [5.41, 5.74) is 4.99. The fourth-order valence-electron chi connectivity index (χ4n) is 2.25. The van der Waals surface area contributed by atoms with Gasteiger partial charge in [0.25, 0.3) is 0 Å². The molecule has 4 nitrogen and oxygen atoms in total. The number of aromatic nitrogens is 2. The molecule has 2 heterocycles. The van der Waals surface area contributed by atoms with E-state index in [-0.39, 0.29) is 6.04 Å². The molecule has 1 unspecified atom stereocenters. The number of imidazole rings is 1. The van der Waals surface area contributed by atoms with Gasteiger partial charge in [-0.3, -0.25) is 15.7 Å². The third-order valence-corrected chi connectivity index (χ3v) is 4.40. The van der Waals surface area contributed by atoms with E-state index in [2.05, 4.69) is 10.4 Å². The van der Waals surface area contributed by atoms with Gasteiger partial charge in [-0.15, -0.1) is 11.3 Å². The number of hydrogen-bond acceptors (Lipinski definition) is 4. The van der Waals surface area contributed by atoms with E-state index in [4.69, 9.17) is 17.4 Å². The number of thiazole rings is 1. The lowest BCUT2D eigenvalue weighted by molar-refractivity contribution is 0.518. The van der Waals surface area contributed by atoms with Crippen LogP contribution in [0.5, 0.6) is 0 Å². The second kappa shape index (κ2) is 5.93. The molecule has 3 rings (SSSR count). The van der Waals surface area contributed by atoms with E-state index in [1.165, 1.54) is 0 Å². The molecule has 6 heteroatoms. The van der Waals surface area contributed by atoms with Crippen LogP contribution < -0.4 is 11.3 Å². The summed E-state index contributed by atoms with van der Waals surface area (Å²) < 4.78 is 2.03. The van der Waals surface area contributed by atoms with Crippen LogP contribution in [-0.4, -0.2) is 15.4 Å². The first-order chi connectivity index (χ1) is 9.76. The third-order valence-electron chi connectivity index (χ3n) is 3.26. The number of rotatable bonds is 5. The minimum absolute atomic E-state index is 0.111. The second-order valence-electron chi connectivity index (χ2n) is 4.69. The number of nitrogens with two attached hydrogens (primary N) is 1. The van der Waals surface area contributed by atoms with Gasteiger partial charge in [-0.05, 0) is 18.1 Å². The zero-order valence-corrected chi connectivity index (χ0v) is 12.4. The van der Waals surface area contributed by atoms with Crippen LogP contribution in [0.1, 0.15) is 11.3 Å². The summed E-state index contributed by atoms with van der Waals surface area (Å²) in [5, 5.41) is 2.80. The van der Waals surface area contributed by atoms with Gasteiger partial charge in [0.1, 0.15) is 0 Å². The quantitative estimate of drug-likeness (QED) is 0.563. The Bertz CT molecular complexity index is 677. The fourth-order valence-corrected chi connectivity index (χ4v) is 3.18. The molecule has 0 spiro atoms. The Morgan fingerprint density at radius 2 is 2.20 bits per heavy atom. The van der Waals surface area contributed by atoms with Gasteiger partial charge < -0.3 is 0 Å². The highest BCUT2D eigenvalue weighted by Gasteiger charge is 2.13. The maximum atomic E-state index is 6.19. The van der Waals surface area contributed by atoms with E-state index >= 15 is 0 Å². The van der Waals surface area contributed by atoms with E-state index < -0.39 is 0 Å². The van der Waals surface area contributed by atoms with Gasteiger partial charge >= 0.3 is 0 Å². The highest BCUT2D eigenvalue weighted by atomic mass is 35.5. The summed E-state index contributed by atoms with van der Waals surface area (Å²) in [5.74, 6) is 5.66. The molecule has 0 saturated heterocycles. The molecule has 3 N–H and O–H groups in total. The second-order valence-corrected chi connectivity index (χ2v) is 5.97. The molecule has 1 atom stereocenters. The summed E-state index contributed by atoms with van der Waals surface area (Å²) >= 11 is 7.82. The molecule has 0 aliphatic carbocycles. The Kier molecular flexibility index (Phi) is 4.03. The molecule has 2 aromatic heterocycles. The molecule has 0 radical (unpaired) electrons. The van der Waals surface area contributed by atoms with Crippen LogP contribution in [0.15, 0.2) is 42.0 Å². The number of hydrogen-bond donors (Lipinski definition) is 2. The first-order valence-electron chi connectivity index (χ1n) is 6.37. The lowest BCUT2D eigenvalue weighted by atomic mass is 10.0. The van der Waals surface area contributed by atoms with Crippen LogP contribution in [0.4, 0.5) is 0 Å². The standard InChI is InChI=1S/C14H15ClN4S/c15-13-4-2-1-3-10(13)7-11(18-16)8-12-9-19-5-6-20-14(19)17-12/h1-6,9,11,18H,7-8,16H2. The minimum Gasteiger partial charge on any atom is -0.297 e. The van der Waals surface area contributed by atoms with Crippen LogP contribution >= 0.6 is 22.9 Å². The van der Waals surface area contributed by atoms with Crippen molar-refractivity contribution >= 4 is 27.9 Å². The normalized spacial score (nSPS) is 12.9. The maximum Gasteiger partial charge on any atom is 0.193 e. The molecule has 0 aliphatic rings. The van der Waals surface area contributed by atoms with Gasteiger partial charge in [0.05, 0.1) is 5.69 Å². The van der Waals surface area contributed by atoms with Crippen molar-refractivity contribution in [3.8, 4) is 0 Å². The third kappa shape index (κ3) is 2.86. The monoisotopic (exact) mass is 306 g/mol. The molecule has 0 fully saturated rings. The molecular formula is C14H15ClN4S.